The minimum Gasteiger partial charge on any atom is -0.497 e. The van der Waals surface area contributed by atoms with Gasteiger partial charge in [-0.05, 0) is 55.2 Å². The number of nitrogens with zero attached hydrogens (tertiary/aromatic N) is 1. The van der Waals surface area contributed by atoms with Gasteiger partial charge in [0.25, 0.3) is 5.91 Å². The number of nitrogens with one attached hydrogen (secondary N) is 3. The van der Waals surface area contributed by atoms with E-state index in [4.69, 9.17) is 4.74 Å². The highest BCUT2D eigenvalue weighted by atomic mass is 16.5. The molecule has 1 heterocycles. The van der Waals surface area contributed by atoms with Crippen LogP contribution in [0.15, 0.2) is 54.6 Å². The second-order valence-electron chi connectivity index (χ2n) is 8.90. The number of amides is 3. The monoisotopic (exact) mass is 466 g/mol. The maximum Gasteiger partial charge on any atom is 0.251 e. The maximum absolute atomic E-state index is 13.0. The molecule has 1 fully saturated rings. The average Bonchev–Trinajstić information content (AvgIpc) is 2.84. The number of piperidine rings is 1. The van der Waals surface area contributed by atoms with Crippen molar-refractivity contribution in [2.75, 3.05) is 32.1 Å². The highest BCUT2D eigenvalue weighted by Crippen LogP contribution is 2.14. The summed E-state index contributed by atoms with van der Waals surface area (Å²) in [6.07, 6.45) is 1.50. The summed E-state index contributed by atoms with van der Waals surface area (Å²) < 4.78 is 5.12. The minimum atomic E-state index is -0.635. The van der Waals surface area contributed by atoms with E-state index < -0.39 is 6.04 Å². The number of methoxy groups -OCH3 is 1. The summed E-state index contributed by atoms with van der Waals surface area (Å²) >= 11 is 0. The number of likely N-dealkylation sites (tertiary alicyclic amines) is 1. The molecule has 1 saturated heterocycles. The van der Waals surface area contributed by atoms with Gasteiger partial charge in [-0.1, -0.05) is 32.0 Å². The van der Waals surface area contributed by atoms with Gasteiger partial charge in [-0.2, -0.15) is 0 Å². The van der Waals surface area contributed by atoms with E-state index >= 15 is 0 Å². The van der Waals surface area contributed by atoms with E-state index in [-0.39, 0.29) is 29.7 Å². The van der Waals surface area contributed by atoms with Crippen molar-refractivity contribution in [3.63, 3.8) is 0 Å². The number of rotatable bonds is 9. The number of hydrogen-bond acceptors (Lipinski definition) is 5. The summed E-state index contributed by atoms with van der Waals surface area (Å²) in [6, 6.07) is 15.5. The molecule has 34 heavy (non-hydrogen) atoms. The van der Waals surface area contributed by atoms with E-state index in [2.05, 4.69) is 20.9 Å². The van der Waals surface area contributed by atoms with Crippen molar-refractivity contribution in [3.05, 3.63) is 60.2 Å². The molecule has 3 amide bonds. The molecule has 8 nitrogen and oxygen atoms in total. The number of hydrogen-bond donors (Lipinski definition) is 3. The Kier molecular flexibility index (Phi) is 9.04. The van der Waals surface area contributed by atoms with Crippen LogP contribution in [0.4, 0.5) is 5.69 Å². The Hall–Kier alpha value is -3.39. The molecule has 182 valence electrons. The van der Waals surface area contributed by atoms with Crippen LogP contribution in [0.25, 0.3) is 0 Å². The first-order chi connectivity index (χ1) is 16.4. The number of carbonyl (C=O) groups excluding carboxylic acids is 3. The van der Waals surface area contributed by atoms with Crippen LogP contribution in [-0.2, 0) is 9.59 Å². The Morgan fingerprint density at radius 3 is 2.24 bits per heavy atom. The first-order valence-corrected chi connectivity index (χ1v) is 11.7. The van der Waals surface area contributed by atoms with E-state index in [0.717, 1.165) is 31.6 Å². The Morgan fingerprint density at radius 2 is 1.65 bits per heavy atom. The van der Waals surface area contributed by atoms with Crippen molar-refractivity contribution in [1.29, 1.82) is 0 Å². The largest absolute Gasteiger partial charge is 0.497 e. The van der Waals surface area contributed by atoms with Crippen molar-refractivity contribution in [1.82, 2.24) is 15.5 Å². The van der Waals surface area contributed by atoms with Crippen LogP contribution in [0.5, 0.6) is 5.75 Å². The van der Waals surface area contributed by atoms with Crippen molar-refractivity contribution in [3.8, 4) is 5.75 Å². The summed E-state index contributed by atoms with van der Waals surface area (Å²) in [6.45, 7) is 5.58. The van der Waals surface area contributed by atoms with Crippen molar-refractivity contribution in [2.24, 2.45) is 5.92 Å². The average molecular weight is 467 g/mol. The molecule has 1 aliphatic heterocycles. The molecule has 0 saturated carbocycles. The highest BCUT2D eigenvalue weighted by Gasteiger charge is 2.28. The van der Waals surface area contributed by atoms with Crippen LogP contribution in [-0.4, -0.2) is 61.4 Å². The van der Waals surface area contributed by atoms with Crippen molar-refractivity contribution in [2.45, 2.75) is 38.8 Å². The molecule has 0 spiro atoms. The molecular formula is C26H34N4O4. The Labute approximate surface area is 201 Å². The number of anilines is 1. The number of ether oxygens (including phenoxy) is 1. The van der Waals surface area contributed by atoms with Crippen LogP contribution < -0.4 is 20.7 Å². The quantitative estimate of drug-likeness (QED) is 0.528. The van der Waals surface area contributed by atoms with E-state index in [0.29, 0.717) is 17.9 Å². The summed E-state index contributed by atoms with van der Waals surface area (Å²) in [4.78, 5) is 40.0. The van der Waals surface area contributed by atoms with Gasteiger partial charge in [-0.3, -0.25) is 19.3 Å². The minimum absolute atomic E-state index is 0.0140. The Morgan fingerprint density at radius 1 is 1.00 bits per heavy atom. The fourth-order valence-corrected chi connectivity index (χ4v) is 3.95. The molecular weight excluding hydrogens is 432 g/mol. The molecule has 0 aromatic heterocycles. The first-order valence-electron chi connectivity index (χ1n) is 11.7. The molecule has 2 aromatic rings. The SMILES string of the molecule is COc1ccc(C(=O)NC(C(=O)NC2CCN(CC(=O)Nc3ccccc3)CC2)C(C)C)cc1. The maximum atomic E-state index is 13.0. The normalized spacial score (nSPS) is 15.4. The highest BCUT2D eigenvalue weighted by molar-refractivity contribution is 5.97. The van der Waals surface area contributed by atoms with Crippen LogP contribution in [0.2, 0.25) is 0 Å². The van der Waals surface area contributed by atoms with Gasteiger partial charge in [0.2, 0.25) is 11.8 Å². The lowest BCUT2D eigenvalue weighted by molar-refractivity contribution is -0.125. The molecule has 3 N–H and O–H groups in total. The predicted octanol–water partition coefficient (Wildman–Crippen LogP) is 2.67. The molecule has 1 atom stereocenters. The van der Waals surface area contributed by atoms with E-state index in [9.17, 15) is 14.4 Å². The Balaban J connectivity index is 1.46. The lowest BCUT2D eigenvalue weighted by atomic mass is 10.00. The lowest BCUT2D eigenvalue weighted by Gasteiger charge is -2.33. The van der Waals surface area contributed by atoms with Crippen LogP contribution in [0, 0.1) is 5.92 Å². The van der Waals surface area contributed by atoms with E-state index in [1.807, 2.05) is 44.2 Å². The Bertz CT molecular complexity index is 955. The molecule has 0 bridgehead atoms. The fraction of sp³-hybridized carbons (Fsp3) is 0.423. The zero-order chi connectivity index (χ0) is 24.5. The third kappa shape index (κ3) is 7.31. The summed E-state index contributed by atoms with van der Waals surface area (Å²) in [5, 5.41) is 8.85. The van der Waals surface area contributed by atoms with Crippen molar-refractivity contribution >= 4 is 23.4 Å². The van der Waals surface area contributed by atoms with E-state index in [1.165, 1.54) is 0 Å². The second-order valence-corrected chi connectivity index (χ2v) is 8.90. The smallest absolute Gasteiger partial charge is 0.251 e. The summed E-state index contributed by atoms with van der Waals surface area (Å²) in [5.41, 5.74) is 1.26. The van der Waals surface area contributed by atoms with Gasteiger partial charge in [0.1, 0.15) is 11.8 Å². The van der Waals surface area contributed by atoms with Gasteiger partial charge in [0.15, 0.2) is 0 Å². The van der Waals surface area contributed by atoms with Gasteiger partial charge in [0.05, 0.1) is 13.7 Å². The first kappa shape index (κ1) is 25.2. The van der Waals surface area contributed by atoms with Gasteiger partial charge >= 0.3 is 0 Å². The van der Waals surface area contributed by atoms with E-state index in [1.54, 1.807) is 31.4 Å². The van der Waals surface area contributed by atoms with Gasteiger partial charge in [0, 0.05) is 30.4 Å². The molecule has 0 radical (unpaired) electrons. The third-order valence-corrected chi connectivity index (χ3v) is 5.95. The summed E-state index contributed by atoms with van der Waals surface area (Å²) in [5.74, 6) is 0.0743. The number of benzene rings is 2. The molecule has 1 aliphatic rings. The lowest BCUT2D eigenvalue weighted by Crippen LogP contribution is -2.54. The predicted molar refractivity (Wildman–Crippen MR) is 132 cm³/mol. The topological polar surface area (TPSA) is 99.8 Å². The second kappa shape index (κ2) is 12.2. The van der Waals surface area contributed by atoms with Gasteiger partial charge < -0.3 is 20.7 Å². The molecule has 0 aliphatic carbocycles. The van der Waals surface area contributed by atoms with Crippen LogP contribution in [0.1, 0.15) is 37.0 Å². The molecule has 2 aromatic carbocycles. The van der Waals surface area contributed by atoms with Crippen LogP contribution >= 0.6 is 0 Å². The van der Waals surface area contributed by atoms with Crippen LogP contribution in [0.3, 0.4) is 0 Å². The molecule has 3 rings (SSSR count). The standard InChI is InChI=1S/C26H34N4O4/c1-18(2)24(29-25(32)19-9-11-22(34-3)12-10-19)26(33)28-21-13-15-30(16-14-21)17-23(31)27-20-7-5-4-6-8-20/h4-12,18,21,24H,13-17H2,1-3H3,(H,27,31)(H,28,33)(H,29,32). The molecule has 1 unspecified atom stereocenters. The summed E-state index contributed by atoms with van der Waals surface area (Å²) in [7, 11) is 1.57. The third-order valence-electron chi connectivity index (χ3n) is 5.95. The number of carbonyl (C=O) groups is 3. The van der Waals surface area contributed by atoms with Gasteiger partial charge in [-0.15, -0.1) is 0 Å². The van der Waals surface area contributed by atoms with Gasteiger partial charge in [-0.25, -0.2) is 0 Å². The zero-order valence-corrected chi connectivity index (χ0v) is 20.0. The number of para-hydroxylation sites is 1. The zero-order valence-electron chi connectivity index (χ0n) is 20.0. The molecule has 8 heteroatoms. The fourth-order valence-electron chi connectivity index (χ4n) is 3.95. The van der Waals surface area contributed by atoms with Crippen molar-refractivity contribution < 1.29 is 19.1 Å².